The Labute approximate surface area is 208 Å². The molecule has 0 fully saturated rings. The van der Waals surface area contributed by atoms with E-state index in [1.165, 1.54) is 16.9 Å². The van der Waals surface area contributed by atoms with E-state index in [0.29, 0.717) is 11.4 Å². The minimum Gasteiger partial charge on any atom is -0.482 e. The zero-order chi connectivity index (χ0) is 24.4. The molecule has 176 valence electrons. The fourth-order valence-electron chi connectivity index (χ4n) is 3.88. The summed E-state index contributed by atoms with van der Waals surface area (Å²) in [5.74, 6) is 0.631. The summed E-state index contributed by atoms with van der Waals surface area (Å²) < 4.78 is 7.40. The molecule has 35 heavy (non-hydrogen) atoms. The molecule has 3 aromatic carbocycles. The van der Waals surface area contributed by atoms with Gasteiger partial charge in [0.2, 0.25) is 4.80 Å². The summed E-state index contributed by atoms with van der Waals surface area (Å²) in [6.07, 6.45) is 1.94. The largest absolute Gasteiger partial charge is 0.482 e. The Morgan fingerprint density at radius 2 is 1.91 bits per heavy atom. The predicted octanol–water partition coefficient (Wildman–Crippen LogP) is 6.03. The summed E-state index contributed by atoms with van der Waals surface area (Å²) in [6.45, 7) is 6.28. The van der Waals surface area contributed by atoms with Crippen molar-refractivity contribution in [3.05, 3.63) is 93.6 Å². The van der Waals surface area contributed by atoms with Gasteiger partial charge in [-0.15, -0.1) is 11.3 Å². The van der Waals surface area contributed by atoms with Gasteiger partial charge in [0.25, 0.3) is 5.91 Å². The fourth-order valence-corrected chi connectivity index (χ4v) is 4.73. The molecular weight excluding hydrogens is 456 g/mol. The number of fused-ring (bicyclic) bond motifs is 1. The van der Waals surface area contributed by atoms with Crippen LogP contribution in [0.4, 0.5) is 11.4 Å². The second-order valence-corrected chi connectivity index (χ2v) is 9.47. The first kappa shape index (κ1) is 22.8. The van der Waals surface area contributed by atoms with Gasteiger partial charge in [-0.05, 0) is 54.8 Å². The standard InChI is InChI=1S/C28H26N4O2S/c1-18-9-10-19(2)23(13-18)31-28-32(29-15-20(3)21-7-5-4-6-8-21)25(17-35-28)22-11-12-26-24(14-22)30-27(33)16-34-26/h4-15,17,20H,16H2,1-3H3,(H,30,33). The normalized spacial score (nSPS) is 14.5. The highest BCUT2D eigenvalue weighted by molar-refractivity contribution is 7.07. The van der Waals surface area contributed by atoms with Crippen LogP contribution >= 0.6 is 11.3 Å². The molecular formula is C28H26N4O2S. The van der Waals surface area contributed by atoms with Gasteiger partial charge >= 0.3 is 0 Å². The van der Waals surface area contributed by atoms with Crippen molar-refractivity contribution in [1.82, 2.24) is 4.68 Å². The van der Waals surface area contributed by atoms with Gasteiger partial charge in [0.1, 0.15) is 5.75 Å². The summed E-state index contributed by atoms with van der Waals surface area (Å²) >= 11 is 1.53. The van der Waals surface area contributed by atoms with E-state index in [0.717, 1.165) is 32.9 Å². The van der Waals surface area contributed by atoms with E-state index in [-0.39, 0.29) is 18.4 Å². The van der Waals surface area contributed by atoms with Crippen LogP contribution < -0.4 is 14.9 Å². The Morgan fingerprint density at radius 1 is 1.09 bits per heavy atom. The first-order valence-electron chi connectivity index (χ1n) is 11.5. The number of hydrogen-bond donors (Lipinski definition) is 1. The van der Waals surface area contributed by atoms with E-state index in [2.05, 4.69) is 56.4 Å². The van der Waals surface area contributed by atoms with Crippen molar-refractivity contribution in [1.29, 1.82) is 0 Å². The Morgan fingerprint density at radius 3 is 2.74 bits per heavy atom. The third-order valence-electron chi connectivity index (χ3n) is 5.91. The second kappa shape index (κ2) is 9.72. The summed E-state index contributed by atoms with van der Waals surface area (Å²) in [5, 5.41) is 9.82. The van der Waals surface area contributed by atoms with Crippen molar-refractivity contribution in [3.8, 4) is 17.0 Å². The molecule has 1 unspecified atom stereocenters. The van der Waals surface area contributed by atoms with Crippen molar-refractivity contribution in [2.75, 3.05) is 11.9 Å². The van der Waals surface area contributed by atoms with Crippen LogP contribution in [0.2, 0.25) is 0 Å². The summed E-state index contributed by atoms with van der Waals surface area (Å²) in [7, 11) is 0. The number of thiazole rings is 1. The van der Waals surface area contributed by atoms with Gasteiger partial charge in [0, 0.05) is 23.1 Å². The van der Waals surface area contributed by atoms with E-state index in [1.54, 1.807) is 0 Å². The smallest absolute Gasteiger partial charge is 0.262 e. The third-order valence-corrected chi connectivity index (χ3v) is 6.72. The highest BCUT2D eigenvalue weighted by atomic mass is 32.1. The zero-order valence-electron chi connectivity index (χ0n) is 19.9. The molecule has 1 atom stereocenters. The van der Waals surface area contributed by atoms with Gasteiger partial charge in [-0.3, -0.25) is 4.79 Å². The average Bonchev–Trinajstić information content (AvgIpc) is 3.27. The maximum Gasteiger partial charge on any atom is 0.262 e. The summed E-state index contributed by atoms with van der Waals surface area (Å²) in [4.78, 5) is 17.6. The lowest BCUT2D eigenvalue weighted by Crippen LogP contribution is -2.25. The molecule has 1 aliphatic rings. The zero-order valence-corrected chi connectivity index (χ0v) is 20.7. The highest BCUT2D eigenvalue weighted by Crippen LogP contribution is 2.33. The topological polar surface area (TPSA) is 68.0 Å². The molecule has 7 heteroatoms. The Hall–Kier alpha value is -3.97. The number of benzene rings is 3. The molecule has 0 aliphatic carbocycles. The van der Waals surface area contributed by atoms with E-state index in [1.807, 2.05) is 52.7 Å². The number of amides is 1. The number of ether oxygens (including phenoxy) is 1. The number of nitrogens with one attached hydrogen (secondary N) is 1. The third kappa shape index (κ3) is 4.95. The van der Waals surface area contributed by atoms with E-state index >= 15 is 0 Å². The molecule has 4 aromatic rings. The molecule has 0 saturated carbocycles. The molecule has 2 heterocycles. The lowest BCUT2D eigenvalue weighted by Gasteiger charge is -2.18. The van der Waals surface area contributed by atoms with Crippen molar-refractivity contribution in [2.45, 2.75) is 26.7 Å². The summed E-state index contributed by atoms with van der Waals surface area (Å²) in [6, 6.07) is 22.3. The van der Waals surface area contributed by atoms with Gasteiger partial charge in [-0.1, -0.05) is 49.4 Å². The number of hydrogen-bond acceptors (Lipinski definition) is 5. The molecule has 5 rings (SSSR count). The number of carbonyl (C=O) groups is 1. The van der Waals surface area contributed by atoms with Crippen LogP contribution in [0.1, 0.15) is 29.5 Å². The molecule has 0 saturated heterocycles. The van der Waals surface area contributed by atoms with Crippen LogP contribution in [0.5, 0.6) is 5.75 Å². The Kier molecular flexibility index (Phi) is 6.33. The van der Waals surface area contributed by atoms with Crippen molar-refractivity contribution < 1.29 is 9.53 Å². The van der Waals surface area contributed by atoms with Gasteiger partial charge in [-0.2, -0.15) is 5.10 Å². The van der Waals surface area contributed by atoms with Crippen LogP contribution in [-0.2, 0) is 4.79 Å². The van der Waals surface area contributed by atoms with Gasteiger partial charge in [0.15, 0.2) is 6.61 Å². The molecule has 1 amide bonds. The van der Waals surface area contributed by atoms with E-state index in [9.17, 15) is 4.79 Å². The van der Waals surface area contributed by atoms with Crippen LogP contribution in [-0.4, -0.2) is 23.4 Å². The highest BCUT2D eigenvalue weighted by Gasteiger charge is 2.18. The minimum absolute atomic E-state index is 0.0331. The van der Waals surface area contributed by atoms with Gasteiger partial charge in [-0.25, -0.2) is 9.67 Å². The molecule has 0 radical (unpaired) electrons. The van der Waals surface area contributed by atoms with Gasteiger partial charge in [0.05, 0.1) is 17.1 Å². The Bertz CT molecular complexity index is 1480. The molecule has 0 bridgehead atoms. The first-order chi connectivity index (χ1) is 17.0. The van der Waals surface area contributed by atoms with Crippen LogP contribution in [0, 0.1) is 13.8 Å². The lowest BCUT2D eigenvalue weighted by atomic mass is 10.0. The Balaban J connectivity index is 1.62. The van der Waals surface area contributed by atoms with Crippen LogP contribution in [0.25, 0.3) is 11.3 Å². The van der Waals surface area contributed by atoms with E-state index < -0.39 is 0 Å². The number of rotatable bonds is 5. The number of carbonyl (C=O) groups excluding carboxylic acids is 1. The van der Waals surface area contributed by atoms with Crippen LogP contribution in [0.3, 0.4) is 0 Å². The van der Waals surface area contributed by atoms with Crippen molar-refractivity contribution in [2.24, 2.45) is 10.1 Å². The minimum atomic E-state index is -0.159. The van der Waals surface area contributed by atoms with Crippen molar-refractivity contribution in [3.63, 3.8) is 0 Å². The molecule has 1 N–H and O–H groups in total. The number of aryl methyl sites for hydroxylation is 2. The molecule has 6 nitrogen and oxygen atoms in total. The first-order valence-corrected chi connectivity index (χ1v) is 12.3. The number of nitrogens with zero attached hydrogens (tertiary/aromatic N) is 3. The number of aromatic nitrogens is 1. The van der Waals surface area contributed by atoms with Crippen LogP contribution in [0.15, 0.2) is 82.2 Å². The maximum atomic E-state index is 11.8. The second-order valence-electron chi connectivity index (χ2n) is 8.63. The lowest BCUT2D eigenvalue weighted by molar-refractivity contribution is -0.118. The molecule has 1 aliphatic heterocycles. The van der Waals surface area contributed by atoms with Crippen molar-refractivity contribution >= 4 is 34.8 Å². The van der Waals surface area contributed by atoms with Gasteiger partial charge < -0.3 is 10.1 Å². The molecule has 1 aromatic heterocycles. The average molecular weight is 483 g/mol. The SMILES string of the molecule is Cc1ccc(C)c(N=c2scc(-c3ccc4c(c3)NC(=O)CO4)n2N=CC(C)c2ccccc2)c1. The quantitative estimate of drug-likeness (QED) is 0.353. The maximum absolute atomic E-state index is 11.8. The monoisotopic (exact) mass is 482 g/mol. The number of anilines is 1. The molecule has 0 spiro atoms. The predicted molar refractivity (Wildman–Crippen MR) is 142 cm³/mol. The summed E-state index contributed by atoms with van der Waals surface area (Å²) in [5.41, 5.74) is 6.83. The fraction of sp³-hybridized carbons (Fsp3) is 0.179. The van der Waals surface area contributed by atoms with E-state index in [4.69, 9.17) is 14.8 Å².